The second kappa shape index (κ2) is 3.41. The molecular formula is C4H2N2O4S2. The third-order valence-corrected chi connectivity index (χ3v) is 2.04. The van der Waals surface area contributed by atoms with Crippen molar-refractivity contribution >= 4 is 32.9 Å². The highest BCUT2D eigenvalue weighted by Crippen LogP contribution is 2.17. The summed E-state index contributed by atoms with van der Waals surface area (Å²) in [5, 5.41) is 9.51. The molecular weight excluding hydrogens is 204 g/mol. The molecule has 6 nitrogen and oxygen atoms in total. The monoisotopic (exact) mass is 206 g/mol. The van der Waals surface area contributed by atoms with Crippen molar-refractivity contribution in [3.63, 3.8) is 0 Å². The quantitative estimate of drug-likeness (QED) is 0.761. The fourth-order valence-electron chi connectivity index (χ4n) is 0.468. The predicted molar refractivity (Wildman–Crippen MR) is 40.1 cm³/mol. The lowest BCUT2D eigenvalue weighted by Crippen LogP contribution is -1.94. The molecule has 0 saturated heterocycles. The molecule has 1 heterocycles. The van der Waals surface area contributed by atoms with Crippen LogP contribution in [0.5, 0.6) is 0 Å². The molecule has 0 atom stereocenters. The van der Waals surface area contributed by atoms with E-state index in [9.17, 15) is 13.2 Å². The van der Waals surface area contributed by atoms with Crippen LogP contribution in [0.15, 0.2) is 9.74 Å². The zero-order valence-electron chi connectivity index (χ0n) is 5.46. The normalized spacial score (nSPS) is 9.33. The smallest absolute Gasteiger partial charge is 0.355 e. The number of carboxylic acids is 1. The average Bonchev–Trinajstić information content (AvgIpc) is 2.34. The molecule has 1 aromatic rings. The maximum Gasteiger partial charge on any atom is 0.355 e. The topological polar surface area (TPSA) is 96.7 Å². The number of thiazole rings is 1. The molecule has 1 rings (SSSR count). The summed E-state index contributed by atoms with van der Waals surface area (Å²) in [5.74, 6) is -1.20. The number of nitrogens with zero attached hydrogens (tertiary/aromatic N) is 2. The lowest BCUT2D eigenvalue weighted by molar-refractivity contribution is 0.0691. The van der Waals surface area contributed by atoms with Crippen LogP contribution in [-0.4, -0.2) is 24.5 Å². The summed E-state index contributed by atoms with van der Waals surface area (Å²) < 4.78 is 23.0. The maximum atomic E-state index is 10.2. The summed E-state index contributed by atoms with van der Waals surface area (Å²) in [5.41, 5.74) is -0.204. The van der Waals surface area contributed by atoms with Crippen molar-refractivity contribution in [3.8, 4) is 0 Å². The zero-order valence-corrected chi connectivity index (χ0v) is 7.09. The Hall–Kier alpha value is -1.28. The number of aromatic carboxylic acids is 1. The molecule has 0 aromatic carbocycles. The largest absolute Gasteiger partial charge is 0.476 e. The molecule has 1 aromatic heterocycles. The average molecular weight is 206 g/mol. The Labute approximate surface area is 72.2 Å². The minimum absolute atomic E-state index is 0.0827. The first-order valence-corrected chi connectivity index (χ1v) is 4.50. The Balaban J connectivity index is 3.08. The molecule has 1 N–H and O–H groups in total. The van der Waals surface area contributed by atoms with Crippen molar-refractivity contribution in [2.75, 3.05) is 0 Å². The van der Waals surface area contributed by atoms with E-state index in [1.165, 1.54) is 5.38 Å². The molecule has 0 amide bonds. The van der Waals surface area contributed by atoms with Gasteiger partial charge in [0.1, 0.15) is 0 Å². The third-order valence-electron chi connectivity index (χ3n) is 0.864. The van der Waals surface area contributed by atoms with E-state index in [2.05, 4.69) is 9.35 Å². The Morgan fingerprint density at radius 1 is 1.67 bits per heavy atom. The molecule has 0 radical (unpaired) electrons. The standard InChI is InChI=1S/C4H2N2O4S2/c7-3(8)2-1-11-4(5-2)6-12(9)10/h1H,(H,7,8). The van der Waals surface area contributed by atoms with Crippen molar-refractivity contribution in [1.82, 2.24) is 4.98 Å². The van der Waals surface area contributed by atoms with Crippen LogP contribution < -0.4 is 0 Å². The molecule has 0 unspecified atom stereocenters. The number of aromatic nitrogens is 1. The van der Waals surface area contributed by atoms with Crippen LogP contribution in [0.1, 0.15) is 10.5 Å². The van der Waals surface area contributed by atoms with Crippen LogP contribution in [0.2, 0.25) is 0 Å². The Morgan fingerprint density at radius 3 is 2.75 bits per heavy atom. The second-order valence-electron chi connectivity index (χ2n) is 1.63. The molecule has 8 heteroatoms. The zero-order chi connectivity index (χ0) is 9.14. The van der Waals surface area contributed by atoms with E-state index >= 15 is 0 Å². The van der Waals surface area contributed by atoms with Gasteiger partial charge in [0, 0.05) is 5.38 Å². The van der Waals surface area contributed by atoms with Gasteiger partial charge in [-0.05, 0) is 0 Å². The molecule has 12 heavy (non-hydrogen) atoms. The number of rotatable bonds is 2. The van der Waals surface area contributed by atoms with E-state index < -0.39 is 16.5 Å². The lowest BCUT2D eigenvalue weighted by atomic mass is 10.5. The highest BCUT2D eigenvalue weighted by Gasteiger charge is 2.07. The third kappa shape index (κ3) is 2.10. The number of hydrogen-bond acceptors (Lipinski definition) is 6. The number of hydrogen-bond donors (Lipinski definition) is 1. The van der Waals surface area contributed by atoms with Crippen molar-refractivity contribution in [2.24, 2.45) is 4.36 Å². The number of carboxylic acid groups (broad SMARTS) is 1. The minimum atomic E-state index is -2.59. The highest BCUT2D eigenvalue weighted by atomic mass is 32.2. The maximum absolute atomic E-state index is 10.2. The molecule has 64 valence electrons. The van der Waals surface area contributed by atoms with Gasteiger partial charge in [0.05, 0.1) is 0 Å². The van der Waals surface area contributed by atoms with Gasteiger partial charge in [0.15, 0.2) is 5.69 Å². The summed E-state index contributed by atoms with van der Waals surface area (Å²) in [6, 6.07) is 0. The molecule has 0 saturated carbocycles. The van der Waals surface area contributed by atoms with Crippen molar-refractivity contribution in [2.45, 2.75) is 0 Å². The molecule has 0 fully saturated rings. The van der Waals surface area contributed by atoms with Gasteiger partial charge in [0.25, 0.3) is 0 Å². The van der Waals surface area contributed by atoms with Crippen molar-refractivity contribution in [3.05, 3.63) is 11.1 Å². The van der Waals surface area contributed by atoms with Gasteiger partial charge in [-0.3, -0.25) is 0 Å². The Morgan fingerprint density at radius 2 is 2.33 bits per heavy atom. The van der Waals surface area contributed by atoms with E-state index in [-0.39, 0.29) is 10.8 Å². The van der Waals surface area contributed by atoms with Gasteiger partial charge < -0.3 is 5.11 Å². The first-order valence-electron chi connectivity index (χ1n) is 2.59. The van der Waals surface area contributed by atoms with Crippen molar-refractivity contribution < 1.29 is 18.3 Å². The first kappa shape index (κ1) is 8.81. The van der Waals surface area contributed by atoms with Gasteiger partial charge in [-0.25, -0.2) is 9.78 Å². The summed E-state index contributed by atoms with van der Waals surface area (Å²) in [7, 11) is -2.59. The molecule has 0 aliphatic carbocycles. The van der Waals surface area contributed by atoms with Crippen LogP contribution in [0.25, 0.3) is 0 Å². The van der Waals surface area contributed by atoms with E-state index in [1.807, 2.05) is 0 Å². The van der Waals surface area contributed by atoms with E-state index in [4.69, 9.17) is 5.11 Å². The Kier molecular flexibility index (Phi) is 2.51. The van der Waals surface area contributed by atoms with Crippen LogP contribution in [0.3, 0.4) is 0 Å². The highest BCUT2D eigenvalue weighted by molar-refractivity contribution is 7.62. The van der Waals surface area contributed by atoms with Crippen LogP contribution in [-0.2, 0) is 10.5 Å². The molecule has 0 aliphatic heterocycles. The Bertz CT molecular complexity index is 424. The van der Waals surface area contributed by atoms with Crippen molar-refractivity contribution in [1.29, 1.82) is 0 Å². The van der Waals surface area contributed by atoms with Gasteiger partial charge in [0.2, 0.25) is 5.13 Å². The molecule has 0 spiro atoms. The van der Waals surface area contributed by atoms with Gasteiger partial charge >= 0.3 is 16.5 Å². The minimum Gasteiger partial charge on any atom is -0.476 e. The summed E-state index contributed by atoms with van der Waals surface area (Å²) >= 11 is 0.855. The second-order valence-corrected chi connectivity index (χ2v) is 3.08. The number of carbonyl (C=O) groups is 1. The first-order chi connectivity index (χ1) is 5.59. The van der Waals surface area contributed by atoms with E-state index in [1.54, 1.807) is 0 Å². The summed E-state index contributed by atoms with van der Waals surface area (Å²) in [6.45, 7) is 0. The summed E-state index contributed by atoms with van der Waals surface area (Å²) in [6.07, 6.45) is 0. The van der Waals surface area contributed by atoms with Gasteiger partial charge in [-0.15, -0.1) is 15.7 Å². The fourth-order valence-corrected chi connectivity index (χ4v) is 1.51. The fraction of sp³-hybridized carbons (Fsp3) is 0. The van der Waals surface area contributed by atoms with E-state index in [0.717, 1.165) is 11.3 Å². The van der Waals surface area contributed by atoms with Crippen LogP contribution >= 0.6 is 11.3 Å². The molecule has 0 aliphatic rings. The summed E-state index contributed by atoms with van der Waals surface area (Å²) in [4.78, 5) is 13.7. The molecule has 0 bridgehead atoms. The SMILES string of the molecule is O=C(O)c1csc(N=S(=O)=O)n1. The van der Waals surface area contributed by atoms with Gasteiger partial charge in [-0.2, -0.15) is 8.42 Å². The van der Waals surface area contributed by atoms with Crippen LogP contribution in [0, 0.1) is 0 Å². The lowest BCUT2D eigenvalue weighted by Gasteiger charge is -1.79. The van der Waals surface area contributed by atoms with E-state index in [0.29, 0.717) is 0 Å². The predicted octanol–water partition coefficient (Wildman–Crippen LogP) is 0.536. The van der Waals surface area contributed by atoms with Gasteiger partial charge in [-0.1, -0.05) is 0 Å². The van der Waals surface area contributed by atoms with Crippen LogP contribution in [0.4, 0.5) is 5.13 Å².